The molecule has 1 heterocycles. The van der Waals surface area contributed by atoms with Crippen molar-refractivity contribution in [2.75, 3.05) is 11.2 Å². The predicted octanol–water partition coefficient (Wildman–Crippen LogP) is 3.87. The molecule has 4 saturated carbocycles. The van der Waals surface area contributed by atoms with Crippen molar-refractivity contribution in [3.05, 3.63) is 5.89 Å². The molecule has 21 heavy (non-hydrogen) atoms. The molecule has 0 radical (unpaired) electrons. The molecule has 0 spiro atoms. The van der Waals surface area contributed by atoms with Gasteiger partial charge in [0.15, 0.2) is 0 Å². The van der Waals surface area contributed by atoms with Crippen molar-refractivity contribution in [2.45, 2.75) is 57.9 Å². The van der Waals surface area contributed by atoms with Gasteiger partial charge in [0.25, 0.3) is 0 Å². The van der Waals surface area contributed by atoms with Gasteiger partial charge in [0, 0.05) is 18.3 Å². The van der Waals surface area contributed by atoms with Crippen LogP contribution in [0.4, 0.5) is 6.01 Å². The van der Waals surface area contributed by atoms with Gasteiger partial charge in [-0.2, -0.15) is 0 Å². The number of hydrogen-bond acceptors (Lipinski definition) is 4. The van der Waals surface area contributed by atoms with E-state index < -0.39 is 0 Å². The molecule has 4 nitrogen and oxygen atoms in total. The molecule has 5 rings (SSSR count). The molecule has 0 aromatic carbocycles. The van der Waals surface area contributed by atoms with Crippen LogP contribution in [0.15, 0.2) is 4.42 Å². The second kappa shape index (κ2) is 5.15. The van der Waals surface area contributed by atoms with Crippen LogP contribution in [0.25, 0.3) is 0 Å². The lowest BCUT2D eigenvalue weighted by molar-refractivity contribution is -0.0605. The maximum atomic E-state index is 5.71. The van der Waals surface area contributed by atoms with E-state index in [9.17, 15) is 0 Å². The van der Waals surface area contributed by atoms with E-state index in [1.54, 1.807) is 0 Å². The Balaban J connectivity index is 1.47. The van der Waals surface area contributed by atoms with Gasteiger partial charge >= 0.3 is 6.01 Å². The third kappa shape index (κ3) is 2.45. The SMILES string of the molecule is CC(Nc1nnc(CCCl)o1)C12CC3CC(CC(C3)C1)C2. The Kier molecular flexibility index (Phi) is 3.40. The Hall–Kier alpha value is -0.770. The predicted molar refractivity (Wildman–Crippen MR) is 82.4 cm³/mol. The first-order chi connectivity index (χ1) is 10.2. The Morgan fingerprint density at radius 3 is 2.38 bits per heavy atom. The van der Waals surface area contributed by atoms with Gasteiger partial charge in [-0.15, -0.1) is 16.7 Å². The minimum atomic E-state index is 0.412. The number of aryl methyl sites for hydroxylation is 1. The molecule has 116 valence electrons. The maximum Gasteiger partial charge on any atom is 0.315 e. The normalized spacial score (nSPS) is 38.7. The molecule has 1 unspecified atom stereocenters. The lowest BCUT2D eigenvalue weighted by Crippen LogP contribution is -2.52. The van der Waals surface area contributed by atoms with Gasteiger partial charge in [-0.05, 0) is 68.6 Å². The third-order valence-electron chi connectivity index (χ3n) is 6.12. The van der Waals surface area contributed by atoms with Crippen molar-refractivity contribution in [3.63, 3.8) is 0 Å². The van der Waals surface area contributed by atoms with Gasteiger partial charge in [0.1, 0.15) is 0 Å². The highest BCUT2D eigenvalue weighted by Crippen LogP contribution is 2.61. The fraction of sp³-hybridized carbons (Fsp3) is 0.875. The summed E-state index contributed by atoms with van der Waals surface area (Å²) in [7, 11) is 0. The number of nitrogens with one attached hydrogen (secondary N) is 1. The topological polar surface area (TPSA) is 51.0 Å². The van der Waals surface area contributed by atoms with Crippen molar-refractivity contribution >= 4 is 17.6 Å². The molecule has 4 aliphatic carbocycles. The number of hydrogen-bond donors (Lipinski definition) is 1. The first-order valence-electron chi connectivity index (χ1n) is 8.32. The van der Waals surface area contributed by atoms with Gasteiger partial charge in [-0.1, -0.05) is 5.10 Å². The van der Waals surface area contributed by atoms with Gasteiger partial charge in [-0.3, -0.25) is 0 Å². The lowest BCUT2D eigenvalue weighted by Gasteiger charge is -2.59. The van der Waals surface area contributed by atoms with E-state index in [1.807, 2.05) is 0 Å². The van der Waals surface area contributed by atoms with E-state index in [2.05, 4.69) is 22.4 Å². The first-order valence-corrected chi connectivity index (χ1v) is 8.85. The summed E-state index contributed by atoms with van der Waals surface area (Å²) in [4.78, 5) is 0. The monoisotopic (exact) mass is 309 g/mol. The van der Waals surface area contributed by atoms with Crippen LogP contribution in [0.2, 0.25) is 0 Å². The van der Waals surface area contributed by atoms with Crippen LogP contribution in [-0.4, -0.2) is 22.1 Å². The molecule has 0 saturated heterocycles. The second-order valence-electron chi connectivity index (χ2n) is 7.59. The van der Waals surface area contributed by atoms with E-state index in [4.69, 9.17) is 16.0 Å². The molecule has 1 aromatic heterocycles. The van der Waals surface area contributed by atoms with Crippen molar-refractivity contribution in [3.8, 4) is 0 Å². The molecule has 1 aromatic rings. The summed E-state index contributed by atoms with van der Waals surface area (Å²) in [6.45, 7) is 2.30. The van der Waals surface area contributed by atoms with E-state index in [-0.39, 0.29) is 0 Å². The molecule has 0 amide bonds. The Labute approximate surface area is 131 Å². The number of halogens is 1. The summed E-state index contributed by atoms with van der Waals surface area (Å²) >= 11 is 5.71. The zero-order valence-electron chi connectivity index (χ0n) is 12.6. The van der Waals surface area contributed by atoms with Crippen molar-refractivity contribution in [1.29, 1.82) is 0 Å². The number of rotatable bonds is 5. The van der Waals surface area contributed by atoms with Crippen LogP contribution in [0, 0.1) is 23.2 Å². The van der Waals surface area contributed by atoms with Gasteiger partial charge in [0.2, 0.25) is 5.89 Å². The Morgan fingerprint density at radius 1 is 1.19 bits per heavy atom. The molecule has 4 aliphatic rings. The molecule has 4 bridgehead atoms. The summed E-state index contributed by atoms with van der Waals surface area (Å²) in [5, 5.41) is 11.7. The third-order valence-corrected chi connectivity index (χ3v) is 6.31. The first kappa shape index (κ1) is 13.9. The average Bonchev–Trinajstić information content (AvgIpc) is 2.85. The van der Waals surface area contributed by atoms with Crippen LogP contribution in [0.3, 0.4) is 0 Å². The number of nitrogens with zero attached hydrogens (tertiary/aromatic N) is 2. The van der Waals surface area contributed by atoms with Gasteiger partial charge < -0.3 is 9.73 Å². The fourth-order valence-electron chi connectivity index (χ4n) is 5.54. The quantitative estimate of drug-likeness (QED) is 0.839. The molecule has 0 aliphatic heterocycles. The largest absolute Gasteiger partial charge is 0.408 e. The smallest absolute Gasteiger partial charge is 0.315 e. The summed E-state index contributed by atoms with van der Waals surface area (Å²) < 4.78 is 5.64. The highest BCUT2D eigenvalue weighted by Gasteiger charge is 2.53. The molecule has 1 atom stereocenters. The van der Waals surface area contributed by atoms with Crippen LogP contribution in [0.1, 0.15) is 51.3 Å². The summed E-state index contributed by atoms with van der Waals surface area (Å²) in [6.07, 6.45) is 9.23. The average molecular weight is 310 g/mol. The Morgan fingerprint density at radius 2 is 1.81 bits per heavy atom. The van der Waals surface area contributed by atoms with Gasteiger partial charge in [0.05, 0.1) is 0 Å². The standard InChI is InChI=1S/C16H24ClN3O/c1-10(18-15-20-19-14(21-15)2-3-17)16-7-11-4-12(8-16)6-13(5-11)9-16/h10-13H,2-9H2,1H3,(H,18,20). The van der Waals surface area contributed by atoms with Crippen molar-refractivity contribution < 1.29 is 4.42 Å². The van der Waals surface area contributed by atoms with Crippen molar-refractivity contribution in [2.24, 2.45) is 23.2 Å². The summed E-state index contributed by atoms with van der Waals surface area (Å²) in [6, 6.07) is 0.980. The minimum absolute atomic E-state index is 0.412. The summed E-state index contributed by atoms with van der Waals surface area (Å²) in [5.74, 6) is 4.05. The zero-order valence-corrected chi connectivity index (χ0v) is 13.4. The van der Waals surface area contributed by atoms with E-state index in [0.29, 0.717) is 35.7 Å². The van der Waals surface area contributed by atoms with Crippen LogP contribution >= 0.6 is 11.6 Å². The molecular formula is C16H24ClN3O. The molecule has 5 heteroatoms. The van der Waals surface area contributed by atoms with E-state index in [1.165, 1.54) is 38.5 Å². The van der Waals surface area contributed by atoms with Crippen LogP contribution < -0.4 is 5.32 Å². The van der Waals surface area contributed by atoms with E-state index in [0.717, 1.165) is 17.8 Å². The summed E-state index contributed by atoms with van der Waals surface area (Å²) in [5.41, 5.74) is 0.454. The van der Waals surface area contributed by atoms with Crippen LogP contribution in [0.5, 0.6) is 0 Å². The number of alkyl halides is 1. The fourth-order valence-corrected chi connectivity index (χ4v) is 5.70. The van der Waals surface area contributed by atoms with Crippen molar-refractivity contribution in [1.82, 2.24) is 10.2 Å². The zero-order chi connectivity index (χ0) is 14.4. The van der Waals surface area contributed by atoms with Crippen LogP contribution in [-0.2, 0) is 6.42 Å². The molecule has 4 fully saturated rings. The number of anilines is 1. The maximum absolute atomic E-state index is 5.71. The highest BCUT2D eigenvalue weighted by atomic mass is 35.5. The second-order valence-corrected chi connectivity index (χ2v) is 7.96. The van der Waals surface area contributed by atoms with E-state index >= 15 is 0 Å². The number of aromatic nitrogens is 2. The Bertz CT molecular complexity index is 480. The highest BCUT2D eigenvalue weighted by molar-refractivity contribution is 6.17. The lowest BCUT2D eigenvalue weighted by atomic mass is 9.48. The minimum Gasteiger partial charge on any atom is -0.408 e. The van der Waals surface area contributed by atoms with Gasteiger partial charge in [-0.25, -0.2) is 0 Å². The molecule has 1 N–H and O–H groups in total. The molecular weight excluding hydrogens is 286 g/mol.